The van der Waals surface area contributed by atoms with E-state index in [0.29, 0.717) is 24.6 Å². The van der Waals surface area contributed by atoms with Gasteiger partial charge in [-0.2, -0.15) is 0 Å². The summed E-state index contributed by atoms with van der Waals surface area (Å²) in [7, 11) is -3.64. The van der Waals surface area contributed by atoms with Crippen LogP contribution in [0.5, 0.6) is 5.75 Å². The Labute approximate surface area is 139 Å². The molecule has 23 heavy (non-hydrogen) atoms. The van der Waals surface area contributed by atoms with Gasteiger partial charge in [0.25, 0.3) is 10.0 Å². The molecule has 2 rings (SSSR count). The molecule has 8 heteroatoms. The summed E-state index contributed by atoms with van der Waals surface area (Å²) in [6, 6.07) is 9.92. The Hall–Kier alpha value is -2.06. The molecule has 0 saturated carbocycles. The molecule has 0 unspecified atom stereocenters. The largest absolute Gasteiger partial charge is 0.494 e. The lowest BCUT2D eigenvalue weighted by Gasteiger charge is -2.07. The van der Waals surface area contributed by atoms with Crippen LogP contribution in [0, 0.1) is 0 Å². The molecule has 1 heterocycles. The molecule has 0 saturated heterocycles. The van der Waals surface area contributed by atoms with Crippen molar-refractivity contribution in [1.82, 2.24) is 5.32 Å². The lowest BCUT2D eigenvalue weighted by atomic mass is 10.3. The van der Waals surface area contributed by atoms with Gasteiger partial charge in [0.05, 0.1) is 13.2 Å². The van der Waals surface area contributed by atoms with Crippen LogP contribution in [0.1, 0.15) is 18.7 Å². The molecule has 1 aromatic carbocycles. The van der Waals surface area contributed by atoms with E-state index in [4.69, 9.17) is 4.74 Å². The van der Waals surface area contributed by atoms with Crippen molar-refractivity contribution in [2.24, 2.45) is 0 Å². The number of ether oxygens (including phenoxy) is 1. The maximum absolute atomic E-state index is 12.3. The number of carbonyl (C=O) groups excluding carboxylic acids is 1. The molecule has 0 bridgehead atoms. The number of sulfonamides is 1. The first-order valence-corrected chi connectivity index (χ1v) is 9.29. The van der Waals surface area contributed by atoms with E-state index in [0.717, 1.165) is 16.2 Å². The van der Waals surface area contributed by atoms with E-state index in [1.807, 2.05) is 6.92 Å². The van der Waals surface area contributed by atoms with E-state index < -0.39 is 10.0 Å². The Morgan fingerprint density at radius 2 is 1.87 bits per heavy atom. The van der Waals surface area contributed by atoms with Gasteiger partial charge in [-0.15, -0.1) is 11.3 Å². The van der Waals surface area contributed by atoms with Crippen LogP contribution in [0.15, 0.2) is 40.6 Å². The van der Waals surface area contributed by atoms with E-state index >= 15 is 0 Å². The molecule has 0 atom stereocenters. The normalized spacial score (nSPS) is 11.0. The van der Waals surface area contributed by atoms with Crippen LogP contribution in [0.25, 0.3) is 0 Å². The molecule has 2 N–H and O–H groups in total. The van der Waals surface area contributed by atoms with Crippen LogP contribution in [0.2, 0.25) is 0 Å². The Kier molecular flexibility index (Phi) is 5.62. The Morgan fingerprint density at radius 3 is 2.48 bits per heavy atom. The summed E-state index contributed by atoms with van der Waals surface area (Å²) in [4.78, 5) is 11.7. The van der Waals surface area contributed by atoms with E-state index in [9.17, 15) is 13.2 Å². The zero-order valence-electron chi connectivity index (χ0n) is 12.8. The number of hydrogen-bond acceptors (Lipinski definition) is 5. The first-order valence-electron chi connectivity index (χ1n) is 6.99. The van der Waals surface area contributed by atoms with Crippen LogP contribution < -0.4 is 14.8 Å². The summed E-state index contributed by atoms with van der Waals surface area (Å²) >= 11 is 1.12. The molecular formula is C15H18N2O4S2. The molecule has 0 fully saturated rings. The van der Waals surface area contributed by atoms with Crippen LogP contribution in [0.4, 0.5) is 5.69 Å². The third-order valence-electron chi connectivity index (χ3n) is 2.83. The highest BCUT2D eigenvalue weighted by Crippen LogP contribution is 2.25. The fourth-order valence-corrected chi connectivity index (χ4v) is 4.15. The third kappa shape index (κ3) is 4.97. The molecule has 1 amide bonds. The zero-order chi connectivity index (χ0) is 16.9. The molecule has 1 aromatic heterocycles. The van der Waals surface area contributed by atoms with Crippen molar-refractivity contribution in [2.75, 3.05) is 11.3 Å². The van der Waals surface area contributed by atoms with Crippen molar-refractivity contribution in [3.63, 3.8) is 0 Å². The number of rotatable bonds is 7. The SMILES string of the molecule is CCOc1ccc(NS(=O)(=O)c2ccc(CNC(C)=O)s2)cc1. The predicted molar refractivity (Wildman–Crippen MR) is 90.3 cm³/mol. The van der Waals surface area contributed by atoms with E-state index in [-0.39, 0.29) is 10.1 Å². The fraction of sp³-hybridized carbons (Fsp3) is 0.267. The third-order valence-corrected chi connectivity index (χ3v) is 5.79. The fourth-order valence-electron chi connectivity index (χ4n) is 1.80. The van der Waals surface area contributed by atoms with Crippen LogP contribution in [0.3, 0.4) is 0 Å². The molecule has 6 nitrogen and oxygen atoms in total. The number of hydrogen-bond donors (Lipinski definition) is 2. The second-order valence-electron chi connectivity index (χ2n) is 4.69. The first-order chi connectivity index (χ1) is 10.9. The summed E-state index contributed by atoms with van der Waals surface area (Å²) in [5.74, 6) is 0.527. The van der Waals surface area contributed by atoms with E-state index in [2.05, 4.69) is 10.0 Å². The zero-order valence-corrected chi connectivity index (χ0v) is 14.5. The average Bonchev–Trinajstić information content (AvgIpc) is 2.97. The number of thiophene rings is 1. The lowest BCUT2D eigenvalue weighted by Crippen LogP contribution is -2.18. The van der Waals surface area contributed by atoms with Crippen LogP contribution in [-0.4, -0.2) is 20.9 Å². The second kappa shape index (κ2) is 7.47. The Bertz CT molecular complexity index is 767. The summed E-state index contributed by atoms with van der Waals surface area (Å²) in [6.07, 6.45) is 0. The number of nitrogens with one attached hydrogen (secondary N) is 2. The maximum atomic E-state index is 12.3. The van der Waals surface area contributed by atoms with E-state index in [1.54, 1.807) is 30.3 Å². The number of carbonyl (C=O) groups is 1. The van der Waals surface area contributed by atoms with Gasteiger partial charge in [-0.1, -0.05) is 0 Å². The molecule has 0 aliphatic heterocycles. The first kappa shape index (κ1) is 17.3. The summed E-state index contributed by atoms with van der Waals surface area (Å²) in [5, 5.41) is 2.64. The van der Waals surface area contributed by atoms with E-state index in [1.165, 1.54) is 13.0 Å². The maximum Gasteiger partial charge on any atom is 0.271 e. The average molecular weight is 354 g/mol. The van der Waals surface area contributed by atoms with Gasteiger partial charge in [0, 0.05) is 17.5 Å². The van der Waals surface area contributed by atoms with Gasteiger partial charge in [0.1, 0.15) is 9.96 Å². The monoisotopic (exact) mass is 354 g/mol. The highest BCUT2D eigenvalue weighted by atomic mass is 32.2. The van der Waals surface area contributed by atoms with Gasteiger partial charge >= 0.3 is 0 Å². The van der Waals surface area contributed by atoms with Crippen LogP contribution in [-0.2, 0) is 21.4 Å². The summed E-state index contributed by atoms with van der Waals surface area (Å²) in [6.45, 7) is 4.17. The van der Waals surface area contributed by atoms with Gasteiger partial charge < -0.3 is 10.1 Å². The van der Waals surface area contributed by atoms with Crippen molar-refractivity contribution in [2.45, 2.75) is 24.6 Å². The number of amides is 1. The Morgan fingerprint density at radius 1 is 1.17 bits per heavy atom. The van der Waals surface area contributed by atoms with Gasteiger partial charge in [0.15, 0.2) is 0 Å². The predicted octanol–water partition coefficient (Wildman–Crippen LogP) is 2.58. The minimum absolute atomic E-state index is 0.157. The topological polar surface area (TPSA) is 84.5 Å². The highest BCUT2D eigenvalue weighted by molar-refractivity contribution is 7.94. The minimum atomic E-state index is -3.64. The molecule has 124 valence electrons. The highest BCUT2D eigenvalue weighted by Gasteiger charge is 2.17. The van der Waals surface area contributed by atoms with Crippen LogP contribution >= 0.6 is 11.3 Å². The molecule has 0 aliphatic rings. The number of benzene rings is 1. The minimum Gasteiger partial charge on any atom is -0.494 e. The molecule has 0 radical (unpaired) electrons. The molecule has 2 aromatic rings. The van der Waals surface area contributed by atoms with Gasteiger partial charge in [-0.3, -0.25) is 9.52 Å². The quantitative estimate of drug-likeness (QED) is 0.800. The smallest absolute Gasteiger partial charge is 0.271 e. The summed E-state index contributed by atoms with van der Waals surface area (Å²) < 4.78 is 32.7. The number of anilines is 1. The Balaban J connectivity index is 2.07. The standard InChI is InChI=1S/C15H18N2O4S2/c1-3-21-13-6-4-12(5-7-13)17-23(19,20)15-9-8-14(22-15)10-16-11(2)18/h4-9,17H,3,10H2,1-2H3,(H,16,18). The van der Waals surface area contributed by atoms with Crippen molar-refractivity contribution < 1.29 is 17.9 Å². The van der Waals surface area contributed by atoms with Gasteiger partial charge in [-0.05, 0) is 43.3 Å². The van der Waals surface area contributed by atoms with Crippen molar-refractivity contribution in [3.8, 4) is 5.75 Å². The van der Waals surface area contributed by atoms with Crippen molar-refractivity contribution >= 4 is 33.0 Å². The van der Waals surface area contributed by atoms with Crippen molar-refractivity contribution in [3.05, 3.63) is 41.3 Å². The lowest BCUT2D eigenvalue weighted by molar-refractivity contribution is -0.119. The summed E-state index contributed by atoms with van der Waals surface area (Å²) in [5.41, 5.74) is 0.463. The second-order valence-corrected chi connectivity index (χ2v) is 7.77. The molecule has 0 spiro atoms. The molecular weight excluding hydrogens is 336 g/mol. The van der Waals surface area contributed by atoms with Gasteiger partial charge in [0.2, 0.25) is 5.91 Å². The van der Waals surface area contributed by atoms with Gasteiger partial charge in [-0.25, -0.2) is 8.42 Å². The van der Waals surface area contributed by atoms with Crippen molar-refractivity contribution in [1.29, 1.82) is 0 Å². The molecule has 0 aliphatic carbocycles.